The first-order chi connectivity index (χ1) is 10.5. The first-order valence-corrected chi connectivity index (χ1v) is 8.00. The smallest absolute Gasteiger partial charge is 0.234 e. The summed E-state index contributed by atoms with van der Waals surface area (Å²) in [6, 6.07) is 7.65. The molecule has 0 aromatic heterocycles. The summed E-state index contributed by atoms with van der Waals surface area (Å²) >= 11 is 5.88. The summed E-state index contributed by atoms with van der Waals surface area (Å²) in [5.41, 5.74) is 0. The third kappa shape index (κ3) is 5.48. The van der Waals surface area contributed by atoms with Gasteiger partial charge in [-0.05, 0) is 32.2 Å². The third-order valence-corrected chi connectivity index (χ3v) is 4.04. The summed E-state index contributed by atoms with van der Waals surface area (Å²) in [7, 11) is 2.11. The van der Waals surface area contributed by atoms with Gasteiger partial charge in [-0.15, -0.1) is 0 Å². The fourth-order valence-corrected chi connectivity index (χ4v) is 2.75. The van der Waals surface area contributed by atoms with Gasteiger partial charge in [0.05, 0.1) is 13.1 Å². The largest absolute Gasteiger partial charge is 0.492 e. The first-order valence-electron chi connectivity index (χ1n) is 7.62. The fourth-order valence-electron chi connectivity index (χ4n) is 2.57. The predicted molar refractivity (Wildman–Crippen MR) is 88.5 cm³/mol. The highest BCUT2D eigenvalue weighted by Gasteiger charge is 2.22. The topological polar surface area (TPSA) is 44.8 Å². The first kappa shape index (κ1) is 17.1. The summed E-state index contributed by atoms with van der Waals surface area (Å²) in [5.74, 6) is 0.764. The normalized spacial score (nSPS) is 19.9. The van der Waals surface area contributed by atoms with Crippen LogP contribution in [0.1, 0.15) is 6.92 Å². The average Bonchev–Trinajstić information content (AvgIpc) is 2.47. The molecule has 1 aromatic rings. The third-order valence-electron chi connectivity index (χ3n) is 3.80. The maximum atomic E-state index is 12.0. The molecule has 122 valence electrons. The summed E-state index contributed by atoms with van der Waals surface area (Å²) in [6.07, 6.45) is 0. The Labute approximate surface area is 137 Å². The molecule has 1 amide bonds. The molecule has 0 bridgehead atoms. The molecular formula is C16H24ClN3O2. The fraction of sp³-hybridized carbons (Fsp3) is 0.562. The lowest BCUT2D eigenvalue weighted by Crippen LogP contribution is -2.53. The lowest BCUT2D eigenvalue weighted by atomic mass is 10.2. The van der Waals surface area contributed by atoms with Gasteiger partial charge in [0, 0.05) is 30.7 Å². The number of hydrogen-bond donors (Lipinski definition) is 1. The molecule has 6 heteroatoms. The van der Waals surface area contributed by atoms with E-state index in [1.807, 2.05) is 12.1 Å². The minimum absolute atomic E-state index is 0.0473. The van der Waals surface area contributed by atoms with E-state index < -0.39 is 0 Å². The number of rotatable bonds is 6. The highest BCUT2D eigenvalue weighted by Crippen LogP contribution is 2.16. The van der Waals surface area contributed by atoms with Crippen molar-refractivity contribution in [1.82, 2.24) is 15.1 Å². The van der Waals surface area contributed by atoms with Crippen molar-refractivity contribution in [2.24, 2.45) is 0 Å². The summed E-state index contributed by atoms with van der Waals surface area (Å²) in [4.78, 5) is 16.5. The van der Waals surface area contributed by atoms with Crippen LogP contribution in [0.2, 0.25) is 5.02 Å². The zero-order chi connectivity index (χ0) is 15.9. The second-order valence-electron chi connectivity index (χ2n) is 5.74. The number of piperazine rings is 1. The Hall–Kier alpha value is -1.30. The van der Waals surface area contributed by atoms with Crippen LogP contribution in [0.4, 0.5) is 0 Å². The molecule has 1 aliphatic heterocycles. The Bertz CT molecular complexity index is 498. The van der Waals surface area contributed by atoms with Gasteiger partial charge in [0.15, 0.2) is 0 Å². The van der Waals surface area contributed by atoms with Crippen molar-refractivity contribution >= 4 is 17.5 Å². The minimum atomic E-state index is 0.0473. The number of benzene rings is 1. The molecule has 1 aliphatic rings. The molecule has 22 heavy (non-hydrogen) atoms. The van der Waals surface area contributed by atoms with Crippen molar-refractivity contribution in [1.29, 1.82) is 0 Å². The van der Waals surface area contributed by atoms with Crippen molar-refractivity contribution in [3.63, 3.8) is 0 Å². The maximum Gasteiger partial charge on any atom is 0.234 e. The Kier molecular flexibility index (Phi) is 6.49. The molecule has 1 saturated heterocycles. The number of likely N-dealkylation sites (N-methyl/N-ethyl adjacent to an activating group) is 1. The molecule has 1 N–H and O–H groups in total. The van der Waals surface area contributed by atoms with Gasteiger partial charge in [-0.1, -0.05) is 17.7 Å². The number of nitrogens with one attached hydrogen (secondary N) is 1. The Balaban J connectivity index is 1.63. The van der Waals surface area contributed by atoms with Gasteiger partial charge < -0.3 is 15.0 Å². The molecule has 1 atom stereocenters. The number of ether oxygens (including phenoxy) is 1. The Morgan fingerprint density at radius 1 is 1.45 bits per heavy atom. The number of carbonyl (C=O) groups is 1. The van der Waals surface area contributed by atoms with Gasteiger partial charge in [-0.25, -0.2) is 0 Å². The van der Waals surface area contributed by atoms with E-state index in [2.05, 4.69) is 29.1 Å². The second-order valence-corrected chi connectivity index (χ2v) is 6.17. The van der Waals surface area contributed by atoms with Crippen molar-refractivity contribution in [2.75, 3.05) is 46.4 Å². The lowest BCUT2D eigenvalue weighted by Gasteiger charge is -2.37. The molecule has 1 heterocycles. The zero-order valence-corrected chi connectivity index (χ0v) is 14.0. The van der Waals surface area contributed by atoms with E-state index in [9.17, 15) is 4.79 Å². The van der Waals surface area contributed by atoms with Crippen LogP contribution in [0.15, 0.2) is 24.3 Å². The van der Waals surface area contributed by atoms with Crippen molar-refractivity contribution in [3.05, 3.63) is 29.3 Å². The van der Waals surface area contributed by atoms with Crippen molar-refractivity contribution in [3.8, 4) is 5.75 Å². The van der Waals surface area contributed by atoms with Crippen LogP contribution in [-0.2, 0) is 4.79 Å². The van der Waals surface area contributed by atoms with Gasteiger partial charge in [0.1, 0.15) is 12.4 Å². The van der Waals surface area contributed by atoms with E-state index in [1.54, 1.807) is 12.1 Å². The zero-order valence-electron chi connectivity index (χ0n) is 13.2. The maximum absolute atomic E-state index is 12.0. The van der Waals surface area contributed by atoms with E-state index in [4.69, 9.17) is 16.3 Å². The number of carbonyl (C=O) groups excluding carboxylic acids is 1. The summed E-state index contributed by atoms with van der Waals surface area (Å²) in [6.45, 7) is 6.49. The SMILES string of the molecule is C[C@H]1CN(C)CCN1CC(=O)NCCOc1cccc(Cl)c1. The number of amides is 1. The molecule has 1 fully saturated rings. The van der Waals surface area contributed by atoms with Gasteiger partial charge in [-0.3, -0.25) is 9.69 Å². The van der Waals surface area contributed by atoms with E-state index in [-0.39, 0.29) is 5.91 Å². The Morgan fingerprint density at radius 2 is 2.27 bits per heavy atom. The van der Waals surface area contributed by atoms with Crippen LogP contribution < -0.4 is 10.1 Å². The van der Waals surface area contributed by atoms with Gasteiger partial charge >= 0.3 is 0 Å². The molecule has 0 unspecified atom stereocenters. The van der Waals surface area contributed by atoms with E-state index in [0.29, 0.717) is 30.8 Å². The Morgan fingerprint density at radius 3 is 3.00 bits per heavy atom. The number of nitrogens with zero attached hydrogens (tertiary/aromatic N) is 2. The van der Waals surface area contributed by atoms with Crippen LogP contribution in [0.25, 0.3) is 0 Å². The molecule has 2 rings (SSSR count). The minimum Gasteiger partial charge on any atom is -0.492 e. The standard InChI is InChI=1S/C16H24ClN3O2/c1-13-11-19(2)7-8-20(13)12-16(21)18-6-9-22-15-5-3-4-14(17)10-15/h3-5,10,13H,6-9,11-12H2,1-2H3,(H,18,21)/t13-/m0/s1. The lowest BCUT2D eigenvalue weighted by molar-refractivity contribution is -0.123. The van der Waals surface area contributed by atoms with Gasteiger partial charge in [0.2, 0.25) is 5.91 Å². The van der Waals surface area contributed by atoms with E-state index in [1.165, 1.54) is 0 Å². The average molecular weight is 326 g/mol. The van der Waals surface area contributed by atoms with Crippen LogP contribution in [-0.4, -0.2) is 68.1 Å². The van der Waals surface area contributed by atoms with Crippen molar-refractivity contribution in [2.45, 2.75) is 13.0 Å². The number of halogens is 1. The molecular weight excluding hydrogens is 302 g/mol. The van der Waals surface area contributed by atoms with Crippen LogP contribution in [0, 0.1) is 0 Å². The quantitative estimate of drug-likeness (QED) is 0.805. The second kappa shape index (κ2) is 8.36. The highest BCUT2D eigenvalue weighted by atomic mass is 35.5. The molecule has 0 saturated carbocycles. The molecule has 0 spiro atoms. The summed E-state index contributed by atoms with van der Waals surface area (Å²) < 4.78 is 5.54. The number of hydrogen-bond acceptors (Lipinski definition) is 4. The summed E-state index contributed by atoms with van der Waals surface area (Å²) in [5, 5.41) is 3.54. The molecule has 1 aromatic carbocycles. The molecule has 0 aliphatic carbocycles. The van der Waals surface area contributed by atoms with Crippen LogP contribution >= 0.6 is 11.6 Å². The van der Waals surface area contributed by atoms with Gasteiger partial charge in [0.25, 0.3) is 0 Å². The van der Waals surface area contributed by atoms with E-state index >= 15 is 0 Å². The predicted octanol–water partition coefficient (Wildman–Crippen LogP) is 1.47. The van der Waals surface area contributed by atoms with Crippen LogP contribution in [0.3, 0.4) is 0 Å². The van der Waals surface area contributed by atoms with Gasteiger partial charge in [-0.2, -0.15) is 0 Å². The van der Waals surface area contributed by atoms with Crippen LogP contribution in [0.5, 0.6) is 5.75 Å². The molecule has 5 nitrogen and oxygen atoms in total. The monoisotopic (exact) mass is 325 g/mol. The molecule has 0 radical (unpaired) electrons. The van der Waals surface area contributed by atoms with Crippen molar-refractivity contribution < 1.29 is 9.53 Å². The highest BCUT2D eigenvalue weighted by molar-refractivity contribution is 6.30. The van der Waals surface area contributed by atoms with E-state index in [0.717, 1.165) is 25.4 Å².